The topological polar surface area (TPSA) is 71.4 Å². The highest BCUT2D eigenvalue weighted by atomic mass is 32.2. The molecule has 3 aliphatic heterocycles. The van der Waals surface area contributed by atoms with E-state index in [1.807, 2.05) is 39.6 Å². The molecular formula is C20H23N3O4S2. The van der Waals surface area contributed by atoms with Gasteiger partial charge in [0, 0.05) is 23.7 Å². The highest BCUT2D eigenvalue weighted by Gasteiger charge is 2.42. The Bertz CT molecular complexity index is 886. The maximum absolute atomic E-state index is 12.9. The number of hydrogen-bond donors (Lipinski definition) is 0. The van der Waals surface area contributed by atoms with Gasteiger partial charge in [0.25, 0.3) is 0 Å². The predicted molar refractivity (Wildman–Crippen MR) is 113 cm³/mol. The standard InChI is InChI=1S/C20H23N3O4S2/c1-3-14-17(19(25)26-2)18(15-5-4-10-28-15)23-13(12-29-20(23)21-14)11-16(24)22-6-8-27-9-7-22/h4-5,10,12,18H,3,6-9,11H2,1-2H3/t18-/m0/s1. The largest absolute Gasteiger partial charge is 0.466 e. The van der Waals surface area contributed by atoms with E-state index in [0.717, 1.165) is 21.4 Å². The number of hydrogen-bond acceptors (Lipinski definition) is 8. The van der Waals surface area contributed by atoms with Crippen molar-refractivity contribution in [2.24, 2.45) is 4.99 Å². The second kappa shape index (κ2) is 8.73. The number of morpholine rings is 1. The summed E-state index contributed by atoms with van der Waals surface area (Å²) in [4.78, 5) is 35.2. The first kappa shape index (κ1) is 20.2. The number of amidine groups is 1. The lowest BCUT2D eigenvalue weighted by Gasteiger charge is -2.36. The Hall–Kier alpha value is -2.10. The lowest BCUT2D eigenvalue weighted by Crippen LogP contribution is -2.42. The number of thiophene rings is 1. The van der Waals surface area contributed by atoms with E-state index in [-0.39, 0.29) is 24.3 Å². The minimum atomic E-state index is -0.376. The fourth-order valence-electron chi connectivity index (χ4n) is 3.71. The Kier molecular flexibility index (Phi) is 6.07. The van der Waals surface area contributed by atoms with E-state index in [0.29, 0.717) is 38.3 Å². The van der Waals surface area contributed by atoms with E-state index in [1.54, 1.807) is 11.3 Å². The van der Waals surface area contributed by atoms with Crippen LogP contribution in [0.1, 0.15) is 30.7 Å². The van der Waals surface area contributed by atoms with E-state index in [2.05, 4.69) is 0 Å². The number of allylic oxidation sites excluding steroid dienone is 1. The first-order chi connectivity index (χ1) is 14.1. The summed E-state index contributed by atoms with van der Waals surface area (Å²) in [6.07, 6.45) is 0.899. The molecule has 0 N–H and O–H groups in total. The summed E-state index contributed by atoms with van der Waals surface area (Å²) in [6, 6.07) is 3.65. The summed E-state index contributed by atoms with van der Waals surface area (Å²) in [5.41, 5.74) is 2.15. The summed E-state index contributed by atoms with van der Waals surface area (Å²) in [5, 5.41) is 4.77. The number of esters is 1. The number of carbonyl (C=O) groups excluding carboxylic acids is 2. The van der Waals surface area contributed by atoms with Crippen molar-refractivity contribution in [3.63, 3.8) is 0 Å². The molecule has 1 atom stereocenters. The maximum atomic E-state index is 12.9. The average Bonchev–Trinajstić information content (AvgIpc) is 3.43. The Balaban J connectivity index is 1.67. The molecule has 1 fully saturated rings. The lowest BCUT2D eigenvalue weighted by atomic mass is 9.98. The fourth-order valence-corrected chi connectivity index (χ4v) is 5.47. The molecule has 0 bridgehead atoms. The molecule has 9 heteroatoms. The molecule has 0 saturated carbocycles. The zero-order valence-corrected chi connectivity index (χ0v) is 18.1. The molecule has 0 spiro atoms. The van der Waals surface area contributed by atoms with Gasteiger partial charge >= 0.3 is 5.97 Å². The van der Waals surface area contributed by atoms with Gasteiger partial charge in [-0.15, -0.1) is 11.3 Å². The van der Waals surface area contributed by atoms with Crippen LogP contribution >= 0.6 is 23.1 Å². The zero-order valence-electron chi connectivity index (χ0n) is 16.4. The number of aliphatic imine (C=N–C) groups is 1. The molecule has 29 heavy (non-hydrogen) atoms. The summed E-state index contributed by atoms with van der Waals surface area (Å²) in [5.74, 6) is -0.310. The number of nitrogens with zero attached hydrogens (tertiary/aromatic N) is 3. The second-order valence-corrected chi connectivity index (χ2v) is 8.60. The molecule has 0 aromatic carbocycles. The van der Waals surface area contributed by atoms with Crippen LogP contribution in [0, 0.1) is 0 Å². The SMILES string of the molecule is CCC1=C(C(=O)OC)[C@H](c2cccs2)N2C(CC(=O)N3CCOCC3)=CSC2=N1. The van der Waals surface area contributed by atoms with Crippen LogP contribution in [0.15, 0.2) is 44.9 Å². The van der Waals surface area contributed by atoms with Gasteiger partial charge in [-0.3, -0.25) is 4.79 Å². The minimum Gasteiger partial charge on any atom is -0.466 e. The Morgan fingerprint density at radius 3 is 2.79 bits per heavy atom. The number of amides is 1. The first-order valence-electron chi connectivity index (χ1n) is 9.58. The Morgan fingerprint density at radius 2 is 2.14 bits per heavy atom. The van der Waals surface area contributed by atoms with Crippen LogP contribution < -0.4 is 0 Å². The molecule has 0 unspecified atom stereocenters. The summed E-state index contributed by atoms with van der Waals surface area (Å²) in [6.45, 7) is 4.36. The van der Waals surface area contributed by atoms with Crippen LogP contribution in [0.4, 0.5) is 0 Å². The van der Waals surface area contributed by atoms with Gasteiger partial charge in [0.2, 0.25) is 5.91 Å². The first-order valence-corrected chi connectivity index (χ1v) is 11.3. The van der Waals surface area contributed by atoms with Crippen molar-refractivity contribution < 1.29 is 19.1 Å². The molecule has 1 amide bonds. The Morgan fingerprint density at radius 1 is 1.34 bits per heavy atom. The van der Waals surface area contributed by atoms with Crippen molar-refractivity contribution in [1.29, 1.82) is 0 Å². The van der Waals surface area contributed by atoms with Gasteiger partial charge in [-0.25, -0.2) is 9.79 Å². The monoisotopic (exact) mass is 433 g/mol. The van der Waals surface area contributed by atoms with E-state index < -0.39 is 0 Å². The molecule has 1 aromatic rings. The average molecular weight is 434 g/mol. The smallest absolute Gasteiger partial charge is 0.338 e. The molecule has 7 nitrogen and oxygen atoms in total. The van der Waals surface area contributed by atoms with E-state index in [9.17, 15) is 9.59 Å². The normalized spacial score (nSPS) is 21.7. The van der Waals surface area contributed by atoms with Gasteiger partial charge in [-0.2, -0.15) is 0 Å². The molecule has 1 saturated heterocycles. The van der Waals surface area contributed by atoms with Gasteiger partial charge in [-0.1, -0.05) is 24.8 Å². The van der Waals surface area contributed by atoms with Gasteiger partial charge in [0.1, 0.15) is 6.04 Å². The highest BCUT2D eigenvalue weighted by molar-refractivity contribution is 8.16. The zero-order chi connectivity index (χ0) is 20.4. The molecule has 4 rings (SSSR count). The number of methoxy groups -OCH3 is 1. The third-order valence-corrected chi connectivity index (χ3v) is 6.95. The summed E-state index contributed by atoms with van der Waals surface area (Å²) < 4.78 is 10.5. The predicted octanol–water partition coefficient (Wildman–Crippen LogP) is 3.14. The van der Waals surface area contributed by atoms with Gasteiger partial charge in [0.05, 0.1) is 38.0 Å². The van der Waals surface area contributed by atoms with Crippen LogP contribution in [0.25, 0.3) is 0 Å². The van der Waals surface area contributed by atoms with Crippen LogP contribution in [-0.2, 0) is 19.1 Å². The van der Waals surface area contributed by atoms with Gasteiger partial charge in [-0.05, 0) is 23.3 Å². The van der Waals surface area contributed by atoms with E-state index in [4.69, 9.17) is 14.5 Å². The van der Waals surface area contributed by atoms with E-state index in [1.165, 1.54) is 18.9 Å². The molecule has 4 heterocycles. The maximum Gasteiger partial charge on any atom is 0.338 e. The molecular weight excluding hydrogens is 410 g/mol. The second-order valence-electron chi connectivity index (χ2n) is 6.78. The molecule has 154 valence electrons. The number of fused-ring (bicyclic) bond motifs is 1. The van der Waals surface area contributed by atoms with Crippen LogP contribution in [0.3, 0.4) is 0 Å². The summed E-state index contributed by atoms with van der Waals surface area (Å²) in [7, 11) is 1.39. The molecule has 1 aromatic heterocycles. The molecule has 0 aliphatic carbocycles. The fraction of sp³-hybridized carbons (Fsp3) is 0.450. The lowest BCUT2D eigenvalue weighted by molar-refractivity contribution is -0.136. The number of thioether (sulfide) groups is 1. The van der Waals surface area contributed by atoms with Crippen molar-refractivity contribution in [3.05, 3.63) is 44.8 Å². The number of rotatable bonds is 5. The molecule has 3 aliphatic rings. The number of carbonyl (C=O) groups is 2. The van der Waals surface area contributed by atoms with Gasteiger partial charge < -0.3 is 19.3 Å². The van der Waals surface area contributed by atoms with Crippen LogP contribution in [0.2, 0.25) is 0 Å². The highest BCUT2D eigenvalue weighted by Crippen LogP contribution is 2.46. The van der Waals surface area contributed by atoms with Crippen LogP contribution in [-0.4, -0.2) is 60.3 Å². The van der Waals surface area contributed by atoms with Crippen molar-refractivity contribution in [2.45, 2.75) is 25.8 Å². The van der Waals surface area contributed by atoms with E-state index >= 15 is 0 Å². The quantitative estimate of drug-likeness (QED) is 0.665. The number of ether oxygens (including phenoxy) is 2. The van der Waals surface area contributed by atoms with Crippen LogP contribution in [0.5, 0.6) is 0 Å². The van der Waals surface area contributed by atoms with Crippen molar-refractivity contribution in [2.75, 3.05) is 33.4 Å². The van der Waals surface area contributed by atoms with Crippen molar-refractivity contribution >= 4 is 40.1 Å². The summed E-state index contributed by atoms with van der Waals surface area (Å²) >= 11 is 3.09. The Labute approximate surface area is 178 Å². The van der Waals surface area contributed by atoms with Crippen molar-refractivity contribution in [3.8, 4) is 0 Å². The van der Waals surface area contributed by atoms with Gasteiger partial charge in [0.15, 0.2) is 5.17 Å². The molecule has 0 radical (unpaired) electrons. The van der Waals surface area contributed by atoms with Crippen molar-refractivity contribution in [1.82, 2.24) is 9.80 Å². The third kappa shape index (κ3) is 3.86. The minimum absolute atomic E-state index is 0.0659. The third-order valence-electron chi connectivity index (χ3n) is 5.14.